The van der Waals surface area contributed by atoms with Crippen LogP contribution in [0.2, 0.25) is 0 Å². The summed E-state index contributed by atoms with van der Waals surface area (Å²) in [6.07, 6.45) is -5.17. The molecule has 0 radical (unpaired) electrons. The molecule has 0 fully saturated rings. The van der Waals surface area contributed by atoms with Gasteiger partial charge in [0.05, 0.1) is 24.7 Å². The van der Waals surface area contributed by atoms with E-state index in [-0.39, 0.29) is 17.8 Å². The number of esters is 1. The fourth-order valence-corrected chi connectivity index (χ4v) is 1.83. The topological polar surface area (TPSA) is 113 Å². The maximum absolute atomic E-state index is 12.2. The molecule has 11 heteroatoms. The number of nitrogens with zero attached hydrogens (tertiary/aromatic N) is 1. The van der Waals surface area contributed by atoms with Gasteiger partial charge in [0.2, 0.25) is 0 Å². The van der Waals surface area contributed by atoms with Crippen LogP contribution in [0.1, 0.15) is 26.5 Å². The molecule has 0 unspecified atom stereocenters. The Labute approximate surface area is 147 Å². The van der Waals surface area contributed by atoms with Crippen molar-refractivity contribution >= 4 is 17.7 Å². The van der Waals surface area contributed by atoms with Crippen LogP contribution in [0.5, 0.6) is 5.75 Å². The van der Waals surface area contributed by atoms with Crippen molar-refractivity contribution in [1.29, 1.82) is 0 Å². The minimum atomic E-state index is -4.89. The van der Waals surface area contributed by atoms with E-state index < -0.39 is 35.8 Å². The van der Waals surface area contributed by atoms with Gasteiger partial charge in [0, 0.05) is 12.5 Å². The van der Waals surface area contributed by atoms with E-state index >= 15 is 0 Å². The van der Waals surface area contributed by atoms with Crippen LogP contribution in [-0.4, -0.2) is 42.2 Å². The van der Waals surface area contributed by atoms with Crippen molar-refractivity contribution in [1.82, 2.24) is 10.3 Å². The number of hydrogen-bond donors (Lipinski definition) is 2. The van der Waals surface area contributed by atoms with Gasteiger partial charge in [-0.15, -0.1) is 13.2 Å². The molecule has 0 saturated heterocycles. The molecule has 1 aromatic heterocycles. The molecule has 0 saturated carbocycles. The second-order valence-electron chi connectivity index (χ2n) is 6.18. The Bertz CT molecular complexity index is 659. The zero-order valence-electron chi connectivity index (χ0n) is 14.6. The summed E-state index contributed by atoms with van der Waals surface area (Å²) in [4.78, 5) is 27.4. The first-order chi connectivity index (χ1) is 11.8. The van der Waals surface area contributed by atoms with E-state index in [9.17, 15) is 22.8 Å². The molecule has 0 spiro atoms. The van der Waals surface area contributed by atoms with E-state index in [1.54, 1.807) is 20.8 Å². The molecule has 0 aliphatic heterocycles. The van der Waals surface area contributed by atoms with Crippen molar-refractivity contribution < 1.29 is 37.0 Å². The Balaban J connectivity index is 2.91. The second-order valence-corrected chi connectivity index (χ2v) is 6.18. The fourth-order valence-electron chi connectivity index (χ4n) is 1.83. The molecule has 1 rings (SSSR count). The van der Waals surface area contributed by atoms with Gasteiger partial charge in [0.25, 0.3) is 0 Å². The zero-order chi connectivity index (χ0) is 20.1. The van der Waals surface area contributed by atoms with E-state index in [0.29, 0.717) is 0 Å². The summed E-state index contributed by atoms with van der Waals surface area (Å²) in [5.74, 6) is -1.40. The number of methoxy groups -OCH3 is 1. The molecule has 0 aliphatic carbocycles. The summed E-state index contributed by atoms with van der Waals surface area (Å²) < 4.78 is 50.0. The molecule has 26 heavy (non-hydrogen) atoms. The molecule has 1 aromatic rings. The lowest BCUT2D eigenvalue weighted by molar-refractivity contribution is -0.274. The normalized spacial score (nSPS) is 12.9. The number of nitrogens with two attached hydrogens (primary N) is 1. The Morgan fingerprint density at radius 1 is 1.31 bits per heavy atom. The van der Waals surface area contributed by atoms with Crippen molar-refractivity contribution in [2.45, 2.75) is 45.2 Å². The number of amides is 1. The number of anilines is 1. The predicted octanol–water partition coefficient (Wildman–Crippen LogP) is 2.17. The van der Waals surface area contributed by atoms with Crippen molar-refractivity contribution in [3.63, 3.8) is 0 Å². The summed E-state index contributed by atoms with van der Waals surface area (Å²) in [6, 6.07) is -0.281. The van der Waals surface area contributed by atoms with E-state index in [0.717, 1.165) is 19.4 Å². The van der Waals surface area contributed by atoms with E-state index in [1.165, 1.54) is 0 Å². The molecule has 1 heterocycles. The molecule has 146 valence electrons. The van der Waals surface area contributed by atoms with Gasteiger partial charge < -0.3 is 25.3 Å². The van der Waals surface area contributed by atoms with E-state index in [4.69, 9.17) is 10.5 Å². The fraction of sp³-hybridized carbons (Fsp3) is 0.533. The lowest BCUT2D eigenvalue weighted by Crippen LogP contribution is -2.45. The predicted molar refractivity (Wildman–Crippen MR) is 84.2 cm³/mol. The third kappa shape index (κ3) is 7.45. The average Bonchev–Trinajstić information content (AvgIpc) is 2.44. The summed E-state index contributed by atoms with van der Waals surface area (Å²) >= 11 is 0. The van der Waals surface area contributed by atoms with Crippen LogP contribution in [0, 0.1) is 0 Å². The van der Waals surface area contributed by atoms with E-state index in [1.807, 2.05) is 0 Å². The number of carbonyl (C=O) groups excluding carboxylic acids is 2. The third-order valence-corrected chi connectivity index (χ3v) is 2.79. The van der Waals surface area contributed by atoms with Crippen LogP contribution in [0.4, 0.5) is 23.7 Å². The quantitative estimate of drug-likeness (QED) is 0.754. The summed E-state index contributed by atoms with van der Waals surface area (Å²) in [5, 5.41) is 2.31. The Kier molecular flexibility index (Phi) is 6.65. The Morgan fingerprint density at radius 2 is 1.92 bits per heavy atom. The van der Waals surface area contributed by atoms with Crippen LogP contribution in [0.25, 0.3) is 0 Å². The minimum absolute atomic E-state index is 0.0750. The number of rotatable bonds is 5. The summed E-state index contributed by atoms with van der Waals surface area (Å²) in [7, 11) is 1.11. The smallest absolute Gasteiger partial charge is 0.467 e. The van der Waals surface area contributed by atoms with Gasteiger partial charge in [-0.25, -0.2) is 9.59 Å². The van der Waals surface area contributed by atoms with Gasteiger partial charge in [-0.1, -0.05) is 0 Å². The molecular weight excluding hydrogens is 359 g/mol. The lowest BCUT2D eigenvalue weighted by Gasteiger charge is -2.22. The standard InChI is InChI=1S/C15H20F3N3O5/c1-14(2,3)26-13(23)21-11(12(22)24-4)6-10-9(19)5-8(7-20-10)25-15(16,17)18/h5,7,11H,6,19H2,1-4H3,(H,21,23)/t11-/m1/s1. The third-order valence-electron chi connectivity index (χ3n) is 2.79. The number of ether oxygens (including phenoxy) is 3. The number of aromatic nitrogens is 1. The number of hydrogen-bond acceptors (Lipinski definition) is 7. The number of carbonyl (C=O) groups is 2. The highest BCUT2D eigenvalue weighted by atomic mass is 19.4. The van der Waals surface area contributed by atoms with Gasteiger partial charge in [0.15, 0.2) is 0 Å². The molecule has 0 bridgehead atoms. The van der Waals surface area contributed by atoms with Crippen LogP contribution in [0.3, 0.4) is 0 Å². The molecule has 1 atom stereocenters. The number of alkyl halides is 3. The molecule has 3 N–H and O–H groups in total. The second kappa shape index (κ2) is 8.11. The van der Waals surface area contributed by atoms with E-state index in [2.05, 4.69) is 19.8 Å². The SMILES string of the molecule is COC(=O)[C@@H](Cc1ncc(OC(F)(F)F)cc1N)NC(=O)OC(C)(C)C. The molecule has 8 nitrogen and oxygen atoms in total. The number of pyridine rings is 1. The number of nitrogens with one attached hydrogen (secondary N) is 1. The van der Waals surface area contributed by atoms with Crippen molar-refractivity contribution in [3.05, 3.63) is 18.0 Å². The number of halogens is 3. The first-order valence-corrected chi connectivity index (χ1v) is 7.38. The number of alkyl carbamates (subject to hydrolysis) is 1. The van der Waals surface area contributed by atoms with Crippen LogP contribution in [-0.2, 0) is 20.7 Å². The summed E-state index contributed by atoms with van der Waals surface area (Å²) in [5.41, 5.74) is 4.79. The lowest BCUT2D eigenvalue weighted by atomic mass is 10.1. The van der Waals surface area contributed by atoms with Crippen LogP contribution < -0.4 is 15.8 Å². The van der Waals surface area contributed by atoms with Gasteiger partial charge in [-0.2, -0.15) is 0 Å². The highest BCUT2D eigenvalue weighted by Gasteiger charge is 2.32. The average molecular weight is 379 g/mol. The van der Waals surface area contributed by atoms with Crippen LogP contribution >= 0.6 is 0 Å². The highest BCUT2D eigenvalue weighted by molar-refractivity contribution is 5.81. The maximum Gasteiger partial charge on any atom is 0.573 e. The molecule has 1 amide bonds. The van der Waals surface area contributed by atoms with Gasteiger partial charge >= 0.3 is 18.4 Å². The first-order valence-electron chi connectivity index (χ1n) is 7.38. The Morgan fingerprint density at radius 3 is 2.38 bits per heavy atom. The minimum Gasteiger partial charge on any atom is -0.467 e. The van der Waals surface area contributed by atoms with Crippen molar-refractivity contribution in [2.24, 2.45) is 0 Å². The highest BCUT2D eigenvalue weighted by Crippen LogP contribution is 2.25. The van der Waals surface area contributed by atoms with Gasteiger partial charge in [0.1, 0.15) is 17.4 Å². The monoisotopic (exact) mass is 379 g/mol. The molecular formula is C15H20F3N3O5. The zero-order valence-corrected chi connectivity index (χ0v) is 14.6. The first kappa shape index (κ1) is 21.3. The largest absolute Gasteiger partial charge is 0.573 e. The van der Waals surface area contributed by atoms with Gasteiger partial charge in [-0.05, 0) is 20.8 Å². The van der Waals surface area contributed by atoms with Crippen molar-refractivity contribution in [2.75, 3.05) is 12.8 Å². The Hall–Kier alpha value is -2.72. The van der Waals surface area contributed by atoms with Crippen LogP contribution in [0.15, 0.2) is 12.3 Å². The maximum atomic E-state index is 12.2. The van der Waals surface area contributed by atoms with Crippen molar-refractivity contribution in [3.8, 4) is 5.75 Å². The molecule has 0 aliphatic rings. The van der Waals surface area contributed by atoms with Gasteiger partial charge in [-0.3, -0.25) is 4.98 Å². The summed E-state index contributed by atoms with van der Waals surface area (Å²) in [6.45, 7) is 4.91. The molecule has 0 aromatic carbocycles. The number of nitrogen functional groups attached to an aromatic ring is 1.